The molecule has 0 spiro atoms. The lowest BCUT2D eigenvalue weighted by Gasteiger charge is -2.32. The van der Waals surface area contributed by atoms with Gasteiger partial charge < -0.3 is 4.74 Å². The zero-order valence-corrected chi connectivity index (χ0v) is 17.3. The standard InChI is InChI=1S/C24H38O/c1-7-8-18-25-19-16-21(3)12-9-11-20(2)14-15-23-22(4)13-10-17-24(23,5)6/h9,11-12,14-16H,7-8,10,13,17-19H2,1-6H3. The maximum atomic E-state index is 5.57. The maximum absolute atomic E-state index is 5.57. The minimum Gasteiger partial charge on any atom is -0.377 e. The van der Waals surface area contributed by atoms with Crippen LogP contribution in [0.25, 0.3) is 0 Å². The van der Waals surface area contributed by atoms with Crippen LogP contribution in [0.5, 0.6) is 0 Å². The fourth-order valence-electron chi connectivity index (χ4n) is 3.22. The van der Waals surface area contributed by atoms with Crippen LogP contribution in [0.1, 0.15) is 73.6 Å². The first-order chi connectivity index (χ1) is 11.9. The van der Waals surface area contributed by atoms with Crippen LogP contribution in [0.3, 0.4) is 0 Å². The summed E-state index contributed by atoms with van der Waals surface area (Å²) in [5.74, 6) is 0. The maximum Gasteiger partial charge on any atom is 0.0653 e. The number of hydrogen-bond acceptors (Lipinski definition) is 1. The van der Waals surface area contributed by atoms with Crippen molar-refractivity contribution < 1.29 is 4.74 Å². The zero-order valence-electron chi connectivity index (χ0n) is 17.3. The molecule has 0 saturated heterocycles. The third kappa shape index (κ3) is 8.54. The fraction of sp³-hybridized carbons (Fsp3) is 0.583. The van der Waals surface area contributed by atoms with Crippen LogP contribution >= 0.6 is 0 Å². The number of ether oxygens (including phenoxy) is 1. The van der Waals surface area contributed by atoms with E-state index in [1.54, 1.807) is 5.57 Å². The largest absolute Gasteiger partial charge is 0.377 e. The summed E-state index contributed by atoms with van der Waals surface area (Å²) in [6, 6.07) is 0. The van der Waals surface area contributed by atoms with Crippen LogP contribution in [0, 0.1) is 5.41 Å². The second kappa shape index (κ2) is 11.3. The van der Waals surface area contributed by atoms with Crippen LogP contribution in [-0.2, 0) is 4.74 Å². The quantitative estimate of drug-likeness (QED) is 0.315. The van der Waals surface area contributed by atoms with Crippen LogP contribution < -0.4 is 0 Å². The molecular weight excluding hydrogens is 304 g/mol. The van der Waals surface area contributed by atoms with Crippen molar-refractivity contribution in [2.75, 3.05) is 13.2 Å². The van der Waals surface area contributed by atoms with Crippen LogP contribution in [-0.4, -0.2) is 13.2 Å². The molecule has 1 rings (SSSR count). The van der Waals surface area contributed by atoms with E-state index in [-0.39, 0.29) is 0 Å². The van der Waals surface area contributed by atoms with Gasteiger partial charge in [-0.1, -0.05) is 80.4 Å². The lowest BCUT2D eigenvalue weighted by atomic mass is 9.72. The summed E-state index contributed by atoms with van der Waals surface area (Å²) in [4.78, 5) is 0. The van der Waals surface area contributed by atoms with Gasteiger partial charge in [-0.2, -0.15) is 0 Å². The molecule has 0 bridgehead atoms. The summed E-state index contributed by atoms with van der Waals surface area (Å²) in [5, 5.41) is 0. The van der Waals surface area contributed by atoms with E-state index in [4.69, 9.17) is 4.74 Å². The van der Waals surface area contributed by atoms with Gasteiger partial charge in [-0.3, -0.25) is 0 Å². The predicted molar refractivity (Wildman–Crippen MR) is 112 cm³/mol. The molecule has 0 aliphatic heterocycles. The summed E-state index contributed by atoms with van der Waals surface area (Å²) in [6.45, 7) is 15.1. The van der Waals surface area contributed by atoms with Crippen LogP contribution in [0.2, 0.25) is 0 Å². The Bertz CT molecular complexity index is 553. The molecule has 0 saturated carbocycles. The first-order valence-electron chi connectivity index (χ1n) is 9.84. The predicted octanol–water partition coefficient (Wildman–Crippen LogP) is 7.33. The minimum absolute atomic E-state index is 0.312. The van der Waals surface area contributed by atoms with Gasteiger partial charge in [0.25, 0.3) is 0 Å². The van der Waals surface area contributed by atoms with Crippen molar-refractivity contribution in [3.05, 3.63) is 58.7 Å². The zero-order chi connectivity index (χ0) is 18.7. The molecule has 0 atom stereocenters. The molecule has 0 aromatic heterocycles. The molecule has 1 heteroatoms. The Morgan fingerprint density at radius 3 is 2.60 bits per heavy atom. The molecule has 1 aliphatic rings. The number of unbranched alkanes of at least 4 members (excludes halogenated alkanes) is 1. The number of hydrogen-bond donors (Lipinski definition) is 0. The molecule has 140 valence electrons. The summed E-state index contributed by atoms with van der Waals surface area (Å²) >= 11 is 0. The van der Waals surface area contributed by atoms with Gasteiger partial charge in [0.2, 0.25) is 0 Å². The average molecular weight is 343 g/mol. The van der Waals surface area contributed by atoms with Gasteiger partial charge in [-0.15, -0.1) is 0 Å². The van der Waals surface area contributed by atoms with Crippen molar-refractivity contribution in [1.82, 2.24) is 0 Å². The van der Waals surface area contributed by atoms with E-state index in [9.17, 15) is 0 Å². The minimum atomic E-state index is 0.312. The van der Waals surface area contributed by atoms with Crippen molar-refractivity contribution in [1.29, 1.82) is 0 Å². The molecule has 0 fully saturated rings. The molecule has 0 aromatic carbocycles. The van der Waals surface area contributed by atoms with E-state index in [0.717, 1.165) is 13.0 Å². The van der Waals surface area contributed by atoms with Gasteiger partial charge in [0, 0.05) is 6.61 Å². The Morgan fingerprint density at radius 2 is 1.92 bits per heavy atom. The van der Waals surface area contributed by atoms with Gasteiger partial charge in [0.05, 0.1) is 6.61 Å². The van der Waals surface area contributed by atoms with E-state index < -0.39 is 0 Å². The Balaban J connectivity index is 2.56. The smallest absolute Gasteiger partial charge is 0.0653 e. The van der Waals surface area contributed by atoms with E-state index in [1.165, 1.54) is 42.4 Å². The van der Waals surface area contributed by atoms with E-state index >= 15 is 0 Å². The second-order valence-corrected chi connectivity index (χ2v) is 7.91. The Hall–Kier alpha value is -1.34. The molecule has 0 radical (unpaired) electrons. The Morgan fingerprint density at radius 1 is 1.16 bits per heavy atom. The molecule has 25 heavy (non-hydrogen) atoms. The van der Waals surface area contributed by atoms with Crippen LogP contribution in [0.15, 0.2) is 58.7 Å². The van der Waals surface area contributed by atoms with Gasteiger partial charge in [0.1, 0.15) is 0 Å². The van der Waals surface area contributed by atoms with E-state index in [1.807, 2.05) is 0 Å². The van der Waals surface area contributed by atoms with Gasteiger partial charge in [-0.25, -0.2) is 0 Å². The van der Waals surface area contributed by atoms with E-state index in [2.05, 4.69) is 78.0 Å². The first-order valence-corrected chi connectivity index (χ1v) is 9.84. The third-order valence-electron chi connectivity index (χ3n) is 4.94. The van der Waals surface area contributed by atoms with Crippen molar-refractivity contribution in [2.24, 2.45) is 5.41 Å². The average Bonchev–Trinajstić information content (AvgIpc) is 2.53. The molecule has 0 amide bonds. The SMILES string of the molecule is CCCCOCC=C(C)C=CC=C(C)C=CC1=C(C)CCCC1(C)C. The fourth-order valence-corrected chi connectivity index (χ4v) is 3.22. The molecule has 0 unspecified atom stereocenters. The highest BCUT2D eigenvalue weighted by Crippen LogP contribution is 2.40. The molecular formula is C24H38O. The van der Waals surface area contributed by atoms with Gasteiger partial charge in [0.15, 0.2) is 0 Å². The monoisotopic (exact) mass is 342 g/mol. The Labute approximate surface area is 156 Å². The lowest BCUT2D eigenvalue weighted by molar-refractivity contribution is 0.158. The highest BCUT2D eigenvalue weighted by atomic mass is 16.5. The van der Waals surface area contributed by atoms with Gasteiger partial charge in [-0.05, 0) is 57.4 Å². The topological polar surface area (TPSA) is 9.23 Å². The summed E-state index contributed by atoms with van der Waals surface area (Å²) in [5.41, 5.74) is 5.92. The third-order valence-corrected chi connectivity index (χ3v) is 4.94. The Kier molecular flexibility index (Phi) is 9.82. The van der Waals surface area contributed by atoms with Crippen molar-refractivity contribution in [3.63, 3.8) is 0 Å². The highest BCUT2D eigenvalue weighted by molar-refractivity contribution is 5.37. The number of rotatable bonds is 9. The van der Waals surface area contributed by atoms with Crippen molar-refractivity contribution >= 4 is 0 Å². The molecule has 1 nitrogen and oxygen atoms in total. The van der Waals surface area contributed by atoms with Crippen molar-refractivity contribution in [3.8, 4) is 0 Å². The first kappa shape index (κ1) is 21.7. The van der Waals surface area contributed by atoms with E-state index in [0.29, 0.717) is 12.0 Å². The molecule has 1 aliphatic carbocycles. The molecule has 0 N–H and O–H groups in total. The summed E-state index contributed by atoms with van der Waals surface area (Å²) in [7, 11) is 0. The molecule has 0 heterocycles. The van der Waals surface area contributed by atoms with Crippen molar-refractivity contribution in [2.45, 2.75) is 73.6 Å². The number of allylic oxidation sites excluding steroid dienone is 9. The summed E-state index contributed by atoms with van der Waals surface area (Å²) < 4.78 is 5.57. The van der Waals surface area contributed by atoms with Crippen LogP contribution in [0.4, 0.5) is 0 Å². The summed E-state index contributed by atoms with van der Waals surface area (Å²) in [6.07, 6.45) is 19.4. The van der Waals surface area contributed by atoms with Gasteiger partial charge >= 0.3 is 0 Å². The molecule has 0 aromatic rings. The second-order valence-electron chi connectivity index (χ2n) is 7.91. The lowest BCUT2D eigenvalue weighted by Crippen LogP contribution is -2.19. The highest BCUT2D eigenvalue weighted by Gasteiger charge is 2.26. The normalized spacial score (nSPS) is 19.4.